The zero-order chi connectivity index (χ0) is 9.28. The van der Waals surface area contributed by atoms with Crippen molar-refractivity contribution in [3.63, 3.8) is 0 Å². The van der Waals surface area contributed by atoms with Gasteiger partial charge in [0.2, 0.25) is 0 Å². The average Bonchev–Trinajstić information content (AvgIpc) is 1.87. The van der Waals surface area contributed by atoms with E-state index in [1.807, 2.05) is 0 Å². The van der Waals surface area contributed by atoms with Gasteiger partial charge in [-0.1, -0.05) is 0 Å². The largest absolute Gasteiger partial charge is 0.396 e. The normalized spacial score (nSPS) is 11.2. The van der Waals surface area contributed by atoms with E-state index in [-0.39, 0.29) is 19.6 Å². The fourth-order valence-electron chi connectivity index (χ4n) is 0.240. The van der Waals surface area contributed by atoms with Crippen molar-refractivity contribution in [2.24, 2.45) is 0 Å². The average molecular weight is 169 g/mol. The van der Waals surface area contributed by atoms with Crippen LogP contribution < -0.4 is 0 Å². The van der Waals surface area contributed by atoms with E-state index in [1.54, 1.807) is 0 Å². The van der Waals surface area contributed by atoms with Crippen LogP contribution in [0.25, 0.3) is 0 Å². The number of nitrogens with zero attached hydrogens (tertiary/aromatic N) is 1. The summed E-state index contributed by atoms with van der Waals surface area (Å²) in [6, 6.07) is 0. The second-order valence-corrected chi connectivity index (χ2v) is 1.59. The zero-order valence-electron chi connectivity index (χ0n) is 5.75. The number of hydrogen-bond donors (Lipinski definition) is 4. The van der Waals surface area contributed by atoms with Crippen molar-refractivity contribution < 1.29 is 25.6 Å². The Balaban J connectivity index is 0. The molecule has 0 aromatic heterocycles. The van der Waals surface area contributed by atoms with Gasteiger partial charge in [-0.3, -0.25) is 0 Å². The molecular weight excluding hydrogens is 158 g/mol. The van der Waals surface area contributed by atoms with Crippen LogP contribution in [0.4, 0.5) is 0 Å². The van der Waals surface area contributed by atoms with Crippen LogP contribution in [0.1, 0.15) is 6.42 Å². The smallest absolute Gasteiger partial charge is 0.291 e. The summed E-state index contributed by atoms with van der Waals surface area (Å²) in [4.78, 5) is 8.36. The second kappa shape index (κ2) is 9.08. The highest BCUT2D eigenvalue weighted by molar-refractivity contribution is 4.48. The van der Waals surface area contributed by atoms with E-state index in [0.717, 1.165) is 0 Å². The van der Waals surface area contributed by atoms with Crippen molar-refractivity contribution in [3.8, 4) is 0 Å². The molecule has 0 radical (unpaired) electrons. The Bertz CT molecular complexity index is 92.6. The summed E-state index contributed by atoms with van der Waals surface area (Å²) in [5, 5.41) is 38.3. The van der Waals surface area contributed by atoms with E-state index in [2.05, 4.69) is 0 Å². The molecule has 0 heterocycles. The Kier molecular flexibility index (Phi) is 10.5. The summed E-state index contributed by atoms with van der Waals surface area (Å²) in [6.45, 7) is -0.331. The molecule has 11 heavy (non-hydrogen) atoms. The van der Waals surface area contributed by atoms with Gasteiger partial charge in [0.15, 0.2) is 0 Å². The fourth-order valence-corrected chi connectivity index (χ4v) is 0.240. The van der Waals surface area contributed by atoms with Crippen molar-refractivity contribution in [1.29, 1.82) is 0 Å². The molecule has 0 aliphatic carbocycles. The van der Waals surface area contributed by atoms with E-state index in [4.69, 9.17) is 30.6 Å². The van der Waals surface area contributed by atoms with Gasteiger partial charge < -0.3 is 20.5 Å². The van der Waals surface area contributed by atoms with E-state index >= 15 is 0 Å². The third-order valence-corrected chi connectivity index (χ3v) is 0.673. The highest BCUT2D eigenvalue weighted by Crippen LogP contribution is 1.84. The molecule has 0 bridgehead atoms. The molecule has 0 aliphatic rings. The summed E-state index contributed by atoms with van der Waals surface area (Å²) in [7, 11) is 0. The molecule has 1 atom stereocenters. The molecule has 4 N–H and O–H groups in total. The first kappa shape index (κ1) is 12.7. The molecule has 0 aromatic rings. The maximum absolute atomic E-state index is 8.45. The van der Waals surface area contributed by atoms with Gasteiger partial charge in [-0.25, -0.2) is 0 Å². The highest BCUT2D eigenvalue weighted by atomic mass is 16.9. The summed E-state index contributed by atoms with van der Waals surface area (Å²) in [5.41, 5.74) is 0. The lowest BCUT2D eigenvalue weighted by Gasteiger charge is -2.00. The molecule has 0 amide bonds. The Morgan fingerprint density at radius 1 is 1.45 bits per heavy atom. The molecule has 0 saturated carbocycles. The van der Waals surface area contributed by atoms with Crippen LogP contribution in [0.5, 0.6) is 0 Å². The summed E-state index contributed by atoms with van der Waals surface area (Å²) in [6.07, 6.45) is -0.485. The topological polar surface area (TPSA) is 124 Å². The van der Waals surface area contributed by atoms with E-state index in [0.29, 0.717) is 0 Å². The molecule has 0 saturated heterocycles. The predicted molar refractivity (Wildman–Crippen MR) is 33.6 cm³/mol. The van der Waals surface area contributed by atoms with Crippen LogP contribution in [0.3, 0.4) is 0 Å². The summed E-state index contributed by atoms with van der Waals surface area (Å²) >= 11 is 0. The van der Waals surface area contributed by atoms with Crippen LogP contribution in [0.15, 0.2) is 0 Å². The zero-order valence-corrected chi connectivity index (χ0v) is 5.75. The lowest BCUT2D eigenvalue weighted by atomic mass is 10.3. The first-order chi connectivity index (χ1) is 5.04. The van der Waals surface area contributed by atoms with Crippen molar-refractivity contribution >= 4 is 0 Å². The van der Waals surface area contributed by atoms with Crippen molar-refractivity contribution in [2.75, 3.05) is 13.2 Å². The van der Waals surface area contributed by atoms with Gasteiger partial charge in [0.25, 0.3) is 5.09 Å². The maximum Gasteiger partial charge on any atom is 0.291 e. The van der Waals surface area contributed by atoms with E-state index < -0.39 is 11.2 Å². The van der Waals surface area contributed by atoms with Gasteiger partial charge in [0.1, 0.15) is 0 Å². The first-order valence-electron chi connectivity index (χ1n) is 2.77. The third kappa shape index (κ3) is 27.3. The molecule has 68 valence electrons. The second-order valence-electron chi connectivity index (χ2n) is 1.59. The van der Waals surface area contributed by atoms with E-state index in [9.17, 15) is 0 Å². The number of aliphatic hydroxyl groups is 3. The molecule has 0 rings (SSSR count). The van der Waals surface area contributed by atoms with Crippen molar-refractivity contribution in [2.45, 2.75) is 12.5 Å². The SMILES string of the molecule is O=[N+]([O-])O.OCCC(O)CO. The molecular formula is C4H11NO6. The van der Waals surface area contributed by atoms with Crippen LogP contribution in [-0.2, 0) is 0 Å². The van der Waals surface area contributed by atoms with Gasteiger partial charge in [-0.05, 0) is 6.42 Å². The van der Waals surface area contributed by atoms with E-state index in [1.165, 1.54) is 0 Å². The quantitative estimate of drug-likeness (QED) is 0.297. The first-order valence-corrected chi connectivity index (χ1v) is 2.77. The number of hydrogen-bond acceptors (Lipinski definition) is 5. The lowest BCUT2D eigenvalue weighted by molar-refractivity contribution is -0.742. The van der Waals surface area contributed by atoms with Gasteiger partial charge in [0.05, 0.1) is 12.7 Å². The van der Waals surface area contributed by atoms with Crippen LogP contribution in [-0.4, -0.2) is 44.9 Å². The van der Waals surface area contributed by atoms with Gasteiger partial charge in [-0.2, -0.15) is 0 Å². The third-order valence-electron chi connectivity index (χ3n) is 0.673. The van der Waals surface area contributed by atoms with Crippen LogP contribution in [0, 0.1) is 10.1 Å². The standard InChI is InChI=1S/C4H10O3.HNO3/c5-2-1-4(7)3-6;2-1(3)4/h4-7H,1-3H2;(H,2,3,4). The maximum atomic E-state index is 8.45. The van der Waals surface area contributed by atoms with Crippen molar-refractivity contribution in [3.05, 3.63) is 10.1 Å². The molecule has 7 nitrogen and oxygen atoms in total. The lowest BCUT2D eigenvalue weighted by Crippen LogP contribution is -2.12. The monoisotopic (exact) mass is 169 g/mol. The Morgan fingerprint density at radius 3 is 1.91 bits per heavy atom. The molecule has 0 aromatic carbocycles. The fraction of sp³-hybridized carbons (Fsp3) is 1.00. The van der Waals surface area contributed by atoms with Gasteiger partial charge in [0, 0.05) is 6.61 Å². The number of rotatable bonds is 3. The number of aliphatic hydroxyl groups excluding tert-OH is 3. The minimum Gasteiger partial charge on any atom is -0.396 e. The molecule has 0 spiro atoms. The molecule has 0 aliphatic heterocycles. The Labute approximate surface area is 62.6 Å². The van der Waals surface area contributed by atoms with Crippen LogP contribution >= 0.6 is 0 Å². The van der Waals surface area contributed by atoms with Gasteiger partial charge >= 0.3 is 0 Å². The minimum atomic E-state index is -1.50. The Hall–Kier alpha value is -0.920. The summed E-state index contributed by atoms with van der Waals surface area (Å²) in [5.74, 6) is 0. The predicted octanol–water partition coefficient (Wildman–Crippen LogP) is -1.63. The Morgan fingerprint density at radius 2 is 1.82 bits per heavy atom. The molecule has 7 heteroatoms. The van der Waals surface area contributed by atoms with Gasteiger partial charge in [-0.15, -0.1) is 10.1 Å². The summed E-state index contributed by atoms with van der Waals surface area (Å²) < 4.78 is 0. The van der Waals surface area contributed by atoms with Crippen molar-refractivity contribution in [1.82, 2.24) is 0 Å². The van der Waals surface area contributed by atoms with Crippen LogP contribution in [0.2, 0.25) is 0 Å². The minimum absolute atomic E-state index is 0.0677. The highest BCUT2D eigenvalue weighted by Gasteiger charge is 1.96. The molecule has 1 unspecified atom stereocenters. The molecule has 0 fully saturated rings.